The highest BCUT2D eigenvalue weighted by Gasteiger charge is 2.11. The van der Waals surface area contributed by atoms with Crippen LogP contribution in [-0.2, 0) is 6.42 Å². The number of rotatable bonds is 5. The minimum absolute atomic E-state index is 0.0456. The highest BCUT2D eigenvalue weighted by molar-refractivity contribution is 9.11. The summed E-state index contributed by atoms with van der Waals surface area (Å²) < 4.78 is 12.2. The van der Waals surface area contributed by atoms with E-state index < -0.39 is 0 Å². The Morgan fingerprint density at radius 3 is 2.14 bits per heavy atom. The Kier molecular flexibility index (Phi) is 5.42. The molecule has 5 heteroatoms. The third-order valence-electron chi connectivity index (χ3n) is 3.00. The molecular formula is C16H14Br2O3. The van der Waals surface area contributed by atoms with Gasteiger partial charge in [0.25, 0.3) is 0 Å². The molecule has 0 unspecified atom stereocenters. The highest BCUT2D eigenvalue weighted by atomic mass is 79.9. The summed E-state index contributed by atoms with van der Waals surface area (Å²) in [7, 11) is 3.16. The van der Waals surface area contributed by atoms with Crippen LogP contribution in [0.3, 0.4) is 0 Å². The van der Waals surface area contributed by atoms with Gasteiger partial charge in [-0.3, -0.25) is 4.79 Å². The summed E-state index contributed by atoms with van der Waals surface area (Å²) in [6.07, 6.45) is 0.309. The number of carbonyl (C=O) groups excluding carboxylic acids is 1. The molecule has 0 aliphatic carbocycles. The Balaban J connectivity index is 2.23. The summed E-state index contributed by atoms with van der Waals surface area (Å²) >= 11 is 6.78. The van der Waals surface area contributed by atoms with Crippen LogP contribution in [-0.4, -0.2) is 20.0 Å². The van der Waals surface area contributed by atoms with Crippen molar-refractivity contribution in [3.05, 3.63) is 56.5 Å². The zero-order chi connectivity index (χ0) is 15.4. The van der Waals surface area contributed by atoms with Crippen LogP contribution in [0, 0.1) is 0 Å². The van der Waals surface area contributed by atoms with Gasteiger partial charge in [0.15, 0.2) is 17.3 Å². The Morgan fingerprint density at radius 1 is 0.952 bits per heavy atom. The van der Waals surface area contributed by atoms with Gasteiger partial charge in [0.05, 0.1) is 14.2 Å². The van der Waals surface area contributed by atoms with Gasteiger partial charge in [0.2, 0.25) is 0 Å². The minimum Gasteiger partial charge on any atom is -0.493 e. The van der Waals surface area contributed by atoms with Gasteiger partial charge >= 0.3 is 0 Å². The topological polar surface area (TPSA) is 35.5 Å². The molecule has 0 fully saturated rings. The lowest BCUT2D eigenvalue weighted by Crippen LogP contribution is -2.04. The van der Waals surface area contributed by atoms with E-state index in [0.29, 0.717) is 23.5 Å². The number of halogens is 2. The van der Waals surface area contributed by atoms with Crippen molar-refractivity contribution in [2.24, 2.45) is 0 Å². The van der Waals surface area contributed by atoms with E-state index in [1.807, 2.05) is 30.3 Å². The zero-order valence-electron chi connectivity index (χ0n) is 11.7. The molecule has 0 aliphatic rings. The van der Waals surface area contributed by atoms with E-state index in [9.17, 15) is 4.79 Å². The first kappa shape index (κ1) is 16.0. The Morgan fingerprint density at radius 2 is 1.57 bits per heavy atom. The van der Waals surface area contributed by atoms with Gasteiger partial charge in [-0.05, 0) is 35.9 Å². The molecule has 0 aliphatic heterocycles. The first-order valence-corrected chi connectivity index (χ1v) is 7.82. The zero-order valence-corrected chi connectivity index (χ0v) is 14.8. The van der Waals surface area contributed by atoms with Crippen LogP contribution < -0.4 is 9.47 Å². The average molecular weight is 414 g/mol. The van der Waals surface area contributed by atoms with Gasteiger partial charge < -0.3 is 9.47 Å². The standard InChI is InChI=1S/C16H14Br2O3/c1-20-15-4-3-10(6-16(15)21-2)5-14(19)11-7-12(17)9-13(18)8-11/h3-4,6-9H,5H2,1-2H3. The van der Waals surface area contributed by atoms with Crippen molar-refractivity contribution in [3.63, 3.8) is 0 Å². The molecule has 3 nitrogen and oxygen atoms in total. The molecule has 0 N–H and O–H groups in total. The Bertz CT molecular complexity index is 648. The molecule has 2 aromatic rings. The van der Waals surface area contributed by atoms with Crippen molar-refractivity contribution in [1.29, 1.82) is 0 Å². The van der Waals surface area contributed by atoms with Gasteiger partial charge in [0.1, 0.15) is 0 Å². The molecule has 0 spiro atoms. The first-order chi connectivity index (χ1) is 10.0. The molecule has 0 atom stereocenters. The maximum absolute atomic E-state index is 12.4. The van der Waals surface area contributed by atoms with Gasteiger partial charge in [-0.25, -0.2) is 0 Å². The molecular weight excluding hydrogens is 400 g/mol. The summed E-state index contributed by atoms with van der Waals surface area (Å²) in [5.41, 5.74) is 1.54. The molecule has 21 heavy (non-hydrogen) atoms. The number of Topliss-reactive ketones (excluding diaryl/α,β-unsaturated/α-hetero) is 1. The van der Waals surface area contributed by atoms with Crippen LogP contribution in [0.1, 0.15) is 15.9 Å². The lowest BCUT2D eigenvalue weighted by Gasteiger charge is -2.09. The summed E-state index contributed by atoms with van der Waals surface area (Å²) in [4.78, 5) is 12.4. The third kappa shape index (κ3) is 4.08. The van der Waals surface area contributed by atoms with Gasteiger partial charge in [0, 0.05) is 20.9 Å². The summed E-state index contributed by atoms with van der Waals surface area (Å²) in [6, 6.07) is 11.0. The SMILES string of the molecule is COc1ccc(CC(=O)c2cc(Br)cc(Br)c2)cc1OC. The van der Waals surface area contributed by atoms with Crippen LogP contribution in [0.15, 0.2) is 45.3 Å². The first-order valence-electron chi connectivity index (χ1n) is 6.23. The van der Waals surface area contributed by atoms with Crippen molar-refractivity contribution in [2.75, 3.05) is 14.2 Å². The maximum Gasteiger partial charge on any atom is 0.167 e. The minimum atomic E-state index is 0.0456. The molecule has 0 saturated carbocycles. The molecule has 0 radical (unpaired) electrons. The fourth-order valence-electron chi connectivity index (χ4n) is 1.99. The Labute approximate surface area is 140 Å². The van der Waals surface area contributed by atoms with E-state index in [1.54, 1.807) is 20.3 Å². The van der Waals surface area contributed by atoms with Crippen molar-refractivity contribution < 1.29 is 14.3 Å². The van der Waals surface area contributed by atoms with Crippen LogP contribution >= 0.6 is 31.9 Å². The second-order valence-corrected chi connectivity index (χ2v) is 6.28. The monoisotopic (exact) mass is 412 g/mol. The van der Waals surface area contributed by atoms with E-state index in [0.717, 1.165) is 14.5 Å². The van der Waals surface area contributed by atoms with Crippen LogP contribution in [0.4, 0.5) is 0 Å². The Hall–Kier alpha value is -1.33. The van der Waals surface area contributed by atoms with Crippen LogP contribution in [0.5, 0.6) is 11.5 Å². The molecule has 0 aromatic heterocycles. The van der Waals surface area contributed by atoms with Crippen molar-refractivity contribution in [3.8, 4) is 11.5 Å². The maximum atomic E-state index is 12.4. The molecule has 0 bridgehead atoms. The molecule has 0 heterocycles. The normalized spacial score (nSPS) is 10.3. The number of carbonyl (C=O) groups is 1. The highest BCUT2D eigenvalue weighted by Crippen LogP contribution is 2.28. The fraction of sp³-hybridized carbons (Fsp3) is 0.188. The largest absolute Gasteiger partial charge is 0.493 e. The summed E-state index contributed by atoms with van der Waals surface area (Å²) in [6.45, 7) is 0. The van der Waals surface area contributed by atoms with Crippen molar-refractivity contribution >= 4 is 37.6 Å². The molecule has 0 amide bonds. The summed E-state index contributed by atoms with van der Waals surface area (Å²) in [5.74, 6) is 1.32. The van der Waals surface area contributed by atoms with Gasteiger partial charge in [-0.1, -0.05) is 37.9 Å². The number of ether oxygens (including phenoxy) is 2. The number of hydrogen-bond acceptors (Lipinski definition) is 3. The van der Waals surface area contributed by atoms with E-state index in [-0.39, 0.29) is 5.78 Å². The van der Waals surface area contributed by atoms with E-state index in [4.69, 9.17) is 9.47 Å². The second kappa shape index (κ2) is 7.09. The number of benzene rings is 2. The van der Waals surface area contributed by atoms with Gasteiger partial charge in [-0.2, -0.15) is 0 Å². The van der Waals surface area contributed by atoms with E-state index in [2.05, 4.69) is 31.9 Å². The molecule has 2 aromatic carbocycles. The molecule has 2 rings (SSSR count). The predicted molar refractivity (Wildman–Crippen MR) is 89.4 cm³/mol. The van der Waals surface area contributed by atoms with Crippen LogP contribution in [0.25, 0.3) is 0 Å². The van der Waals surface area contributed by atoms with Crippen LogP contribution in [0.2, 0.25) is 0 Å². The second-order valence-electron chi connectivity index (χ2n) is 4.45. The number of hydrogen-bond donors (Lipinski definition) is 0. The number of ketones is 1. The smallest absolute Gasteiger partial charge is 0.167 e. The van der Waals surface area contributed by atoms with E-state index in [1.165, 1.54) is 0 Å². The third-order valence-corrected chi connectivity index (χ3v) is 3.91. The quantitative estimate of drug-likeness (QED) is 0.669. The molecule has 110 valence electrons. The predicted octanol–water partition coefficient (Wildman–Crippen LogP) is 4.65. The molecule has 0 saturated heterocycles. The van der Waals surface area contributed by atoms with Crippen molar-refractivity contribution in [1.82, 2.24) is 0 Å². The number of methoxy groups -OCH3 is 2. The lowest BCUT2D eigenvalue weighted by molar-refractivity contribution is 0.0993. The lowest BCUT2D eigenvalue weighted by atomic mass is 10.0. The van der Waals surface area contributed by atoms with Crippen molar-refractivity contribution in [2.45, 2.75) is 6.42 Å². The average Bonchev–Trinajstić information content (AvgIpc) is 2.46. The summed E-state index contributed by atoms with van der Waals surface area (Å²) in [5, 5.41) is 0. The van der Waals surface area contributed by atoms with E-state index >= 15 is 0 Å². The fourth-order valence-corrected chi connectivity index (χ4v) is 3.29. The van der Waals surface area contributed by atoms with Gasteiger partial charge in [-0.15, -0.1) is 0 Å².